The maximum absolute atomic E-state index is 10.4. The van der Waals surface area contributed by atoms with Gasteiger partial charge in [0.25, 0.3) is 10.1 Å². The normalized spacial score (nSPS) is 14.8. The van der Waals surface area contributed by atoms with Crippen molar-refractivity contribution < 1.29 is 13.0 Å². The molecule has 0 spiro atoms. The van der Waals surface area contributed by atoms with Crippen LogP contribution < -0.4 is 0 Å². The first kappa shape index (κ1) is 12.9. The maximum Gasteiger partial charge on any atom is 0.264 e. The van der Waals surface area contributed by atoms with Gasteiger partial charge in [0.2, 0.25) is 0 Å². The molecule has 1 atom stereocenters. The lowest BCUT2D eigenvalue weighted by atomic mass is 9.93. The Morgan fingerprint density at radius 1 is 1.15 bits per heavy atom. The van der Waals surface area contributed by atoms with E-state index >= 15 is 0 Å². The molecule has 0 radical (unpaired) electrons. The topological polar surface area (TPSA) is 54.4 Å². The van der Waals surface area contributed by atoms with Crippen molar-refractivity contribution in [3.05, 3.63) is 0 Å². The first-order valence-electron chi connectivity index (χ1n) is 4.78. The van der Waals surface area contributed by atoms with Crippen LogP contribution >= 0.6 is 0 Å². The third-order valence-corrected chi connectivity index (χ3v) is 3.25. The Bertz CT molecular complexity index is 219. The summed E-state index contributed by atoms with van der Waals surface area (Å²) in [4.78, 5) is 0. The van der Waals surface area contributed by atoms with Gasteiger partial charge in [0.15, 0.2) is 0 Å². The minimum absolute atomic E-state index is 0.0994. The SMILES string of the molecule is CC(C)C(C)CCCCS(=O)(=O)O. The van der Waals surface area contributed by atoms with Crippen LogP contribution in [0.2, 0.25) is 0 Å². The zero-order valence-corrected chi connectivity index (χ0v) is 9.47. The van der Waals surface area contributed by atoms with Crippen molar-refractivity contribution >= 4 is 10.1 Å². The van der Waals surface area contributed by atoms with Crippen molar-refractivity contribution in [2.45, 2.75) is 40.0 Å². The predicted molar refractivity (Wildman–Crippen MR) is 54.3 cm³/mol. The summed E-state index contributed by atoms with van der Waals surface area (Å²) in [5.41, 5.74) is 0. The number of unbranched alkanes of at least 4 members (excludes halogenated alkanes) is 1. The molecule has 0 rings (SSSR count). The lowest BCUT2D eigenvalue weighted by molar-refractivity contribution is 0.380. The van der Waals surface area contributed by atoms with Gasteiger partial charge < -0.3 is 0 Å². The van der Waals surface area contributed by atoms with Crippen LogP contribution in [-0.2, 0) is 10.1 Å². The quantitative estimate of drug-likeness (QED) is 0.538. The second-order valence-corrected chi connectivity index (χ2v) is 5.58. The Balaban J connectivity index is 3.47. The average molecular weight is 208 g/mol. The van der Waals surface area contributed by atoms with Crippen molar-refractivity contribution in [3.8, 4) is 0 Å². The van der Waals surface area contributed by atoms with E-state index in [0.29, 0.717) is 18.3 Å². The van der Waals surface area contributed by atoms with E-state index in [1.807, 2.05) is 0 Å². The molecule has 0 aliphatic carbocycles. The predicted octanol–water partition coefficient (Wildman–Crippen LogP) is 2.34. The van der Waals surface area contributed by atoms with Gasteiger partial charge in [-0.2, -0.15) is 8.42 Å². The van der Waals surface area contributed by atoms with Gasteiger partial charge in [-0.3, -0.25) is 4.55 Å². The van der Waals surface area contributed by atoms with Crippen LogP contribution in [0.4, 0.5) is 0 Å². The van der Waals surface area contributed by atoms with Gasteiger partial charge >= 0.3 is 0 Å². The molecule has 0 amide bonds. The molecule has 13 heavy (non-hydrogen) atoms. The fourth-order valence-corrected chi connectivity index (χ4v) is 1.65. The lowest BCUT2D eigenvalue weighted by Gasteiger charge is -2.14. The second kappa shape index (κ2) is 5.60. The number of hydrogen-bond acceptors (Lipinski definition) is 2. The molecule has 0 aromatic rings. The Hall–Kier alpha value is -0.0900. The molecule has 0 aliphatic rings. The van der Waals surface area contributed by atoms with Crippen LogP contribution in [-0.4, -0.2) is 18.7 Å². The first-order chi connectivity index (χ1) is 5.83. The van der Waals surface area contributed by atoms with E-state index in [9.17, 15) is 8.42 Å². The van der Waals surface area contributed by atoms with E-state index < -0.39 is 10.1 Å². The summed E-state index contributed by atoms with van der Waals surface area (Å²) < 4.78 is 29.2. The molecule has 3 nitrogen and oxygen atoms in total. The third-order valence-electron chi connectivity index (χ3n) is 2.45. The number of hydrogen-bond donors (Lipinski definition) is 1. The van der Waals surface area contributed by atoms with Crippen LogP contribution in [0.3, 0.4) is 0 Å². The third kappa shape index (κ3) is 8.25. The monoisotopic (exact) mass is 208 g/mol. The van der Waals surface area contributed by atoms with Crippen molar-refractivity contribution in [2.24, 2.45) is 11.8 Å². The molecule has 0 saturated heterocycles. The second-order valence-electron chi connectivity index (χ2n) is 4.00. The largest absolute Gasteiger partial charge is 0.286 e. The highest BCUT2D eigenvalue weighted by Gasteiger charge is 2.08. The zero-order valence-electron chi connectivity index (χ0n) is 8.66. The van der Waals surface area contributed by atoms with Gasteiger partial charge in [0.05, 0.1) is 5.75 Å². The zero-order chi connectivity index (χ0) is 10.5. The standard InChI is InChI=1S/C9H20O3S/c1-8(2)9(3)6-4-5-7-13(10,11)12/h8-9H,4-7H2,1-3H3,(H,10,11,12). The lowest BCUT2D eigenvalue weighted by Crippen LogP contribution is -2.06. The minimum Gasteiger partial charge on any atom is -0.286 e. The Labute approximate surface area is 81.3 Å². The minimum atomic E-state index is -3.74. The Kier molecular flexibility index (Phi) is 5.56. The van der Waals surface area contributed by atoms with Gasteiger partial charge in [-0.05, 0) is 18.3 Å². The molecule has 0 bridgehead atoms. The van der Waals surface area contributed by atoms with Gasteiger partial charge in [-0.25, -0.2) is 0 Å². The van der Waals surface area contributed by atoms with Crippen molar-refractivity contribution in [1.29, 1.82) is 0 Å². The summed E-state index contributed by atoms with van der Waals surface area (Å²) in [6.07, 6.45) is 2.47. The van der Waals surface area contributed by atoms with E-state index in [1.165, 1.54) is 0 Å². The molecular weight excluding hydrogens is 188 g/mol. The number of rotatable bonds is 6. The van der Waals surface area contributed by atoms with Crippen molar-refractivity contribution in [1.82, 2.24) is 0 Å². The molecule has 0 aromatic heterocycles. The van der Waals surface area contributed by atoms with E-state index in [4.69, 9.17) is 4.55 Å². The highest BCUT2D eigenvalue weighted by molar-refractivity contribution is 7.85. The molecule has 1 unspecified atom stereocenters. The van der Waals surface area contributed by atoms with E-state index in [1.54, 1.807) is 0 Å². The van der Waals surface area contributed by atoms with Crippen molar-refractivity contribution in [2.75, 3.05) is 5.75 Å². The summed E-state index contributed by atoms with van der Waals surface area (Å²) in [5.74, 6) is 1.17. The smallest absolute Gasteiger partial charge is 0.264 e. The van der Waals surface area contributed by atoms with Gasteiger partial charge in [0, 0.05) is 0 Å². The summed E-state index contributed by atoms with van der Waals surface area (Å²) in [5, 5.41) is 0. The molecule has 0 heterocycles. The van der Waals surface area contributed by atoms with Crippen LogP contribution in [0, 0.1) is 11.8 Å². The average Bonchev–Trinajstić information content (AvgIpc) is 1.95. The van der Waals surface area contributed by atoms with Crippen LogP contribution in [0.5, 0.6) is 0 Å². The van der Waals surface area contributed by atoms with Crippen LogP contribution in [0.15, 0.2) is 0 Å². The molecule has 0 fully saturated rings. The van der Waals surface area contributed by atoms with E-state index in [-0.39, 0.29) is 5.75 Å². The van der Waals surface area contributed by atoms with Crippen molar-refractivity contribution in [3.63, 3.8) is 0 Å². The molecular formula is C9H20O3S. The van der Waals surface area contributed by atoms with Gasteiger partial charge in [-0.15, -0.1) is 0 Å². The van der Waals surface area contributed by atoms with Crippen LogP contribution in [0.25, 0.3) is 0 Å². The highest BCUT2D eigenvalue weighted by Crippen LogP contribution is 2.16. The summed E-state index contributed by atoms with van der Waals surface area (Å²) in [7, 11) is -3.74. The molecule has 0 aromatic carbocycles. The fraction of sp³-hybridized carbons (Fsp3) is 1.00. The molecule has 0 aliphatic heterocycles. The Morgan fingerprint density at radius 2 is 1.69 bits per heavy atom. The summed E-state index contributed by atoms with van der Waals surface area (Å²) in [6.45, 7) is 6.49. The Morgan fingerprint density at radius 3 is 2.08 bits per heavy atom. The molecule has 4 heteroatoms. The van der Waals surface area contributed by atoms with Gasteiger partial charge in [-0.1, -0.05) is 33.6 Å². The highest BCUT2D eigenvalue weighted by atomic mass is 32.2. The molecule has 80 valence electrons. The van der Waals surface area contributed by atoms with E-state index in [0.717, 1.165) is 12.8 Å². The van der Waals surface area contributed by atoms with Gasteiger partial charge in [0.1, 0.15) is 0 Å². The summed E-state index contributed by atoms with van der Waals surface area (Å²) in [6, 6.07) is 0. The first-order valence-corrected chi connectivity index (χ1v) is 6.39. The summed E-state index contributed by atoms with van der Waals surface area (Å²) >= 11 is 0. The molecule has 1 N–H and O–H groups in total. The van der Waals surface area contributed by atoms with Crippen LogP contribution in [0.1, 0.15) is 40.0 Å². The maximum atomic E-state index is 10.4. The molecule has 0 saturated carbocycles. The van der Waals surface area contributed by atoms with E-state index in [2.05, 4.69) is 20.8 Å². The fourth-order valence-electron chi connectivity index (χ4n) is 1.08.